The molecule has 1 saturated heterocycles. The first-order valence-corrected chi connectivity index (χ1v) is 9.33. The topological polar surface area (TPSA) is 61.4 Å². The van der Waals surface area contributed by atoms with Crippen LogP contribution in [-0.2, 0) is 10.2 Å². The minimum atomic E-state index is -0.289. The molecule has 1 heterocycles. The molecule has 0 saturated carbocycles. The predicted octanol–water partition coefficient (Wildman–Crippen LogP) is 5.06. The Morgan fingerprint density at radius 3 is 2.19 bits per heavy atom. The number of nitrogens with zero attached hydrogens (tertiary/aromatic N) is 1. The van der Waals surface area contributed by atoms with Gasteiger partial charge in [0.05, 0.1) is 0 Å². The Kier molecular flexibility index (Phi) is 5.22. The van der Waals surface area contributed by atoms with Crippen molar-refractivity contribution in [2.75, 3.05) is 22.1 Å². The SMILES string of the molecule is Cc1cc(NC(=O)Nc2ccc(C(C)(C)C)cc2)ccc1N1CCCC1=O. The van der Waals surface area contributed by atoms with Gasteiger partial charge in [0.25, 0.3) is 0 Å². The molecule has 0 radical (unpaired) electrons. The molecule has 2 N–H and O–H groups in total. The van der Waals surface area contributed by atoms with Crippen molar-refractivity contribution in [1.29, 1.82) is 0 Å². The van der Waals surface area contributed by atoms with Crippen molar-refractivity contribution < 1.29 is 9.59 Å². The van der Waals surface area contributed by atoms with E-state index in [1.165, 1.54) is 5.56 Å². The van der Waals surface area contributed by atoms with Crippen LogP contribution in [0.15, 0.2) is 42.5 Å². The number of aryl methyl sites for hydroxylation is 1. The first-order chi connectivity index (χ1) is 12.7. The van der Waals surface area contributed by atoms with Crippen LogP contribution in [0.1, 0.15) is 44.7 Å². The van der Waals surface area contributed by atoms with E-state index in [9.17, 15) is 9.59 Å². The van der Waals surface area contributed by atoms with Crippen molar-refractivity contribution in [1.82, 2.24) is 0 Å². The maximum absolute atomic E-state index is 12.3. The van der Waals surface area contributed by atoms with Crippen LogP contribution in [0.5, 0.6) is 0 Å². The second kappa shape index (κ2) is 7.43. The number of benzene rings is 2. The van der Waals surface area contributed by atoms with Gasteiger partial charge >= 0.3 is 6.03 Å². The molecular weight excluding hydrogens is 338 g/mol. The molecule has 2 aromatic carbocycles. The van der Waals surface area contributed by atoms with E-state index < -0.39 is 0 Å². The van der Waals surface area contributed by atoms with E-state index in [0.717, 1.165) is 29.9 Å². The molecule has 0 atom stereocenters. The summed E-state index contributed by atoms with van der Waals surface area (Å²) in [5.74, 6) is 0.162. The standard InChI is InChI=1S/C22H27N3O2/c1-15-14-18(11-12-19(15)25-13-5-6-20(25)26)24-21(27)23-17-9-7-16(8-10-17)22(2,3)4/h7-12,14H,5-6,13H2,1-4H3,(H2,23,24,27). The summed E-state index contributed by atoms with van der Waals surface area (Å²) in [4.78, 5) is 26.0. The molecule has 0 bridgehead atoms. The fourth-order valence-electron chi connectivity index (χ4n) is 3.29. The van der Waals surface area contributed by atoms with Gasteiger partial charge in [-0.3, -0.25) is 4.79 Å². The highest BCUT2D eigenvalue weighted by atomic mass is 16.2. The van der Waals surface area contributed by atoms with Crippen molar-refractivity contribution in [2.24, 2.45) is 0 Å². The Morgan fingerprint density at radius 1 is 1.00 bits per heavy atom. The second-order valence-electron chi connectivity index (χ2n) is 8.06. The van der Waals surface area contributed by atoms with Crippen molar-refractivity contribution in [3.8, 4) is 0 Å². The van der Waals surface area contributed by atoms with Crippen LogP contribution in [0.25, 0.3) is 0 Å². The Hall–Kier alpha value is -2.82. The van der Waals surface area contributed by atoms with E-state index in [-0.39, 0.29) is 17.4 Å². The molecule has 1 aliphatic rings. The summed E-state index contributed by atoms with van der Waals surface area (Å²) in [5.41, 5.74) is 4.63. The summed E-state index contributed by atoms with van der Waals surface area (Å²) in [6.07, 6.45) is 1.50. The molecule has 0 aliphatic carbocycles. The maximum Gasteiger partial charge on any atom is 0.323 e. The third kappa shape index (κ3) is 4.48. The van der Waals surface area contributed by atoms with Gasteiger partial charge in [0.15, 0.2) is 0 Å². The van der Waals surface area contributed by atoms with Gasteiger partial charge in [0.2, 0.25) is 5.91 Å². The van der Waals surface area contributed by atoms with Gasteiger partial charge in [-0.25, -0.2) is 4.79 Å². The number of amides is 3. The van der Waals surface area contributed by atoms with Crippen LogP contribution in [0.4, 0.5) is 21.9 Å². The Bertz CT molecular complexity index is 851. The summed E-state index contributed by atoms with van der Waals surface area (Å²) < 4.78 is 0. The largest absolute Gasteiger partial charge is 0.323 e. The van der Waals surface area contributed by atoms with Crippen molar-refractivity contribution >= 4 is 29.0 Å². The van der Waals surface area contributed by atoms with Gasteiger partial charge in [-0.2, -0.15) is 0 Å². The average molecular weight is 365 g/mol. The van der Waals surface area contributed by atoms with Crippen LogP contribution < -0.4 is 15.5 Å². The molecular formula is C22H27N3O2. The number of nitrogens with one attached hydrogen (secondary N) is 2. The predicted molar refractivity (Wildman–Crippen MR) is 111 cm³/mol. The molecule has 1 aliphatic heterocycles. The molecule has 0 unspecified atom stereocenters. The number of carbonyl (C=O) groups is 2. The fourth-order valence-corrected chi connectivity index (χ4v) is 3.29. The van der Waals surface area contributed by atoms with Crippen molar-refractivity contribution in [3.05, 3.63) is 53.6 Å². The third-order valence-corrected chi connectivity index (χ3v) is 4.83. The first-order valence-electron chi connectivity index (χ1n) is 9.33. The summed E-state index contributed by atoms with van der Waals surface area (Å²) in [6, 6.07) is 13.2. The van der Waals surface area contributed by atoms with E-state index in [2.05, 4.69) is 31.4 Å². The normalized spacial score (nSPS) is 14.4. The molecule has 3 amide bonds. The molecule has 3 rings (SSSR count). The lowest BCUT2D eigenvalue weighted by Crippen LogP contribution is -2.24. The second-order valence-corrected chi connectivity index (χ2v) is 8.06. The van der Waals surface area contributed by atoms with E-state index in [1.54, 1.807) is 0 Å². The van der Waals surface area contributed by atoms with Crippen LogP contribution >= 0.6 is 0 Å². The summed E-state index contributed by atoms with van der Waals surface area (Å²) in [7, 11) is 0. The van der Waals surface area contributed by atoms with E-state index in [4.69, 9.17) is 0 Å². The molecule has 0 spiro atoms. The molecule has 1 fully saturated rings. The molecule has 5 heteroatoms. The highest BCUT2D eigenvalue weighted by Crippen LogP contribution is 2.28. The van der Waals surface area contributed by atoms with E-state index in [1.807, 2.05) is 54.3 Å². The number of urea groups is 1. The average Bonchev–Trinajstić information content (AvgIpc) is 3.00. The maximum atomic E-state index is 12.3. The minimum absolute atomic E-state index is 0.0801. The number of anilines is 3. The molecule has 27 heavy (non-hydrogen) atoms. The minimum Gasteiger partial charge on any atom is -0.312 e. The Labute approximate surface area is 160 Å². The van der Waals surface area contributed by atoms with Gasteiger partial charge in [-0.15, -0.1) is 0 Å². The fraction of sp³-hybridized carbons (Fsp3) is 0.364. The summed E-state index contributed by atoms with van der Waals surface area (Å²) >= 11 is 0. The highest BCUT2D eigenvalue weighted by Gasteiger charge is 2.23. The number of hydrogen-bond donors (Lipinski definition) is 2. The lowest BCUT2D eigenvalue weighted by molar-refractivity contribution is -0.117. The summed E-state index contributed by atoms with van der Waals surface area (Å²) in [6.45, 7) is 9.18. The van der Waals surface area contributed by atoms with Gasteiger partial charge in [-0.1, -0.05) is 32.9 Å². The van der Waals surface area contributed by atoms with Crippen LogP contribution in [0, 0.1) is 6.92 Å². The zero-order valence-corrected chi connectivity index (χ0v) is 16.4. The van der Waals surface area contributed by atoms with Crippen LogP contribution in [-0.4, -0.2) is 18.5 Å². The Balaban J connectivity index is 1.64. The third-order valence-electron chi connectivity index (χ3n) is 4.83. The quantitative estimate of drug-likeness (QED) is 0.798. The van der Waals surface area contributed by atoms with Crippen molar-refractivity contribution in [3.63, 3.8) is 0 Å². The van der Waals surface area contributed by atoms with E-state index in [0.29, 0.717) is 12.1 Å². The van der Waals surface area contributed by atoms with Gasteiger partial charge < -0.3 is 15.5 Å². The number of carbonyl (C=O) groups excluding carboxylic acids is 2. The zero-order valence-electron chi connectivity index (χ0n) is 16.4. The van der Waals surface area contributed by atoms with Crippen molar-refractivity contribution in [2.45, 2.75) is 46.0 Å². The Morgan fingerprint density at radius 2 is 1.63 bits per heavy atom. The monoisotopic (exact) mass is 365 g/mol. The highest BCUT2D eigenvalue weighted by molar-refractivity contribution is 6.00. The molecule has 2 aromatic rings. The number of hydrogen-bond acceptors (Lipinski definition) is 2. The lowest BCUT2D eigenvalue weighted by Gasteiger charge is -2.20. The smallest absolute Gasteiger partial charge is 0.312 e. The zero-order chi connectivity index (χ0) is 19.6. The molecule has 0 aromatic heterocycles. The molecule has 5 nitrogen and oxygen atoms in total. The van der Waals surface area contributed by atoms with Gasteiger partial charge in [-0.05, 0) is 60.2 Å². The van der Waals surface area contributed by atoms with Gasteiger partial charge in [0.1, 0.15) is 0 Å². The van der Waals surface area contributed by atoms with Crippen LogP contribution in [0.2, 0.25) is 0 Å². The summed E-state index contributed by atoms with van der Waals surface area (Å²) in [5, 5.41) is 5.70. The van der Waals surface area contributed by atoms with E-state index >= 15 is 0 Å². The van der Waals surface area contributed by atoms with Gasteiger partial charge in [0, 0.05) is 30.0 Å². The lowest BCUT2D eigenvalue weighted by atomic mass is 9.87. The molecule has 142 valence electrons. The number of rotatable bonds is 3. The van der Waals surface area contributed by atoms with Crippen LogP contribution in [0.3, 0.4) is 0 Å². The first kappa shape index (κ1) is 19.0.